The van der Waals surface area contributed by atoms with Gasteiger partial charge in [-0.2, -0.15) is 11.8 Å². The molecule has 104 valence electrons. The summed E-state index contributed by atoms with van der Waals surface area (Å²) in [5.74, 6) is 2.50. The Kier molecular flexibility index (Phi) is 5.33. The minimum atomic E-state index is -0.303. The van der Waals surface area contributed by atoms with E-state index in [2.05, 4.69) is 10.6 Å². The SMILES string of the molecule is COCC1(C(=O)NC2CCCSC2)CCNCC1. The van der Waals surface area contributed by atoms with Crippen molar-refractivity contribution in [2.75, 3.05) is 38.3 Å². The smallest absolute Gasteiger partial charge is 0.228 e. The number of hydrogen-bond donors (Lipinski definition) is 2. The van der Waals surface area contributed by atoms with Crippen LogP contribution in [0, 0.1) is 5.41 Å². The highest BCUT2D eigenvalue weighted by atomic mass is 32.2. The monoisotopic (exact) mass is 272 g/mol. The Bertz CT molecular complexity index is 269. The first-order chi connectivity index (χ1) is 8.77. The van der Waals surface area contributed by atoms with Crippen LogP contribution in [0.25, 0.3) is 0 Å². The Hall–Kier alpha value is -0.260. The normalized spacial score (nSPS) is 27.7. The molecule has 0 radical (unpaired) electrons. The van der Waals surface area contributed by atoms with Crippen LogP contribution in [0.5, 0.6) is 0 Å². The molecular weight excluding hydrogens is 248 g/mol. The van der Waals surface area contributed by atoms with Crippen LogP contribution in [0.4, 0.5) is 0 Å². The molecule has 2 aliphatic heterocycles. The molecule has 1 atom stereocenters. The van der Waals surface area contributed by atoms with Crippen LogP contribution < -0.4 is 10.6 Å². The molecule has 2 N–H and O–H groups in total. The van der Waals surface area contributed by atoms with Gasteiger partial charge in [-0.3, -0.25) is 4.79 Å². The zero-order valence-corrected chi connectivity index (χ0v) is 12.0. The van der Waals surface area contributed by atoms with Gasteiger partial charge in [0.25, 0.3) is 0 Å². The van der Waals surface area contributed by atoms with Gasteiger partial charge >= 0.3 is 0 Å². The number of carbonyl (C=O) groups is 1. The maximum atomic E-state index is 12.6. The van der Waals surface area contributed by atoms with Crippen molar-refractivity contribution in [2.24, 2.45) is 5.41 Å². The van der Waals surface area contributed by atoms with Crippen molar-refractivity contribution in [3.63, 3.8) is 0 Å². The van der Waals surface area contributed by atoms with Crippen LogP contribution >= 0.6 is 11.8 Å². The third-order valence-electron chi connectivity index (χ3n) is 3.96. The third-order valence-corrected chi connectivity index (χ3v) is 5.17. The van der Waals surface area contributed by atoms with Crippen molar-refractivity contribution in [1.82, 2.24) is 10.6 Å². The van der Waals surface area contributed by atoms with Crippen LogP contribution in [-0.4, -0.2) is 50.3 Å². The first-order valence-electron chi connectivity index (χ1n) is 6.85. The maximum Gasteiger partial charge on any atom is 0.228 e. The highest BCUT2D eigenvalue weighted by Crippen LogP contribution is 2.30. The minimum absolute atomic E-state index is 0.207. The summed E-state index contributed by atoms with van der Waals surface area (Å²) in [6.07, 6.45) is 4.10. The lowest BCUT2D eigenvalue weighted by Gasteiger charge is -2.37. The van der Waals surface area contributed by atoms with E-state index in [1.807, 2.05) is 11.8 Å². The number of carbonyl (C=O) groups excluding carboxylic acids is 1. The summed E-state index contributed by atoms with van der Waals surface area (Å²) < 4.78 is 5.30. The highest BCUT2D eigenvalue weighted by molar-refractivity contribution is 7.99. The molecule has 0 bridgehead atoms. The number of methoxy groups -OCH3 is 1. The van der Waals surface area contributed by atoms with Gasteiger partial charge in [-0.25, -0.2) is 0 Å². The maximum absolute atomic E-state index is 12.6. The van der Waals surface area contributed by atoms with E-state index in [-0.39, 0.29) is 11.3 Å². The molecule has 2 fully saturated rings. The summed E-state index contributed by atoms with van der Waals surface area (Å²) >= 11 is 1.95. The molecule has 1 amide bonds. The van der Waals surface area contributed by atoms with Crippen molar-refractivity contribution in [1.29, 1.82) is 0 Å². The first-order valence-corrected chi connectivity index (χ1v) is 8.01. The van der Waals surface area contributed by atoms with Gasteiger partial charge in [0.15, 0.2) is 0 Å². The van der Waals surface area contributed by atoms with Gasteiger partial charge in [-0.05, 0) is 44.5 Å². The van der Waals surface area contributed by atoms with E-state index in [0.717, 1.165) is 38.1 Å². The van der Waals surface area contributed by atoms with Gasteiger partial charge in [-0.15, -0.1) is 0 Å². The largest absolute Gasteiger partial charge is 0.384 e. The van der Waals surface area contributed by atoms with E-state index in [9.17, 15) is 4.79 Å². The Morgan fingerprint density at radius 3 is 2.89 bits per heavy atom. The number of hydrogen-bond acceptors (Lipinski definition) is 4. The molecule has 4 nitrogen and oxygen atoms in total. The van der Waals surface area contributed by atoms with E-state index in [1.165, 1.54) is 12.2 Å². The van der Waals surface area contributed by atoms with Gasteiger partial charge in [0.05, 0.1) is 12.0 Å². The predicted octanol–water partition coefficient (Wildman–Crippen LogP) is 1.01. The highest BCUT2D eigenvalue weighted by Gasteiger charge is 2.40. The van der Waals surface area contributed by atoms with E-state index >= 15 is 0 Å². The average Bonchev–Trinajstić information content (AvgIpc) is 2.41. The number of piperidine rings is 1. The molecule has 0 aromatic carbocycles. The molecule has 2 heterocycles. The van der Waals surface area contributed by atoms with E-state index in [0.29, 0.717) is 12.6 Å². The second kappa shape index (κ2) is 6.78. The quantitative estimate of drug-likeness (QED) is 0.802. The molecule has 18 heavy (non-hydrogen) atoms. The predicted molar refractivity (Wildman–Crippen MR) is 74.9 cm³/mol. The summed E-state index contributed by atoms with van der Waals surface area (Å²) in [4.78, 5) is 12.6. The lowest BCUT2D eigenvalue weighted by atomic mass is 9.78. The molecule has 2 aliphatic rings. The summed E-state index contributed by atoms with van der Waals surface area (Å²) in [6, 6.07) is 0.361. The minimum Gasteiger partial charge on any atom is -0.384 e. The lowest BCUT2D eigenvalue weighted by Crippen LogP contribution is -2.53. The van der Waals surface area contributed by atoms with Crippen molar-refractivity contribution < 1.29 is 9.53 Å². The fourth-order valence-electron chi connectivity index (χ4n) is 2.81. The van der Waals surface area contributed by atoms with Crippen LogP contribution in [0.3, 0.4) is 0 Å². The van der Waals surface area contributed by atoms with Crippen molar-refractivity contribution in [2.45, 2.75) is 31.7 Å². The van der Waals surface area contributed by atoms with Crippen molar-refractivity contribution >= 4 is 17.7 Å². The molecule has 2 saturated heterocycles. The summed E-state index contributed by atoms with van der Waals surface area (Å²) in [5, 5.41) is 6.56. The fourth-order valence-corrected chi connectivity index (χ4v) is 3.88. The molecule has 5 heteroatoms. The fraction of sp³-hybridized carbons (Fsp3) is 0.923. The number of ether oxygens (including phenoxy) is 1. The molecule has 0 saturated carbocycles. The summed E-state index contributed by atoms with van der Waals surface area (Å²) in [6.45, 7) is 2.37. The number of thioether (sulfide) groups is 1. The molecule has 0 spiro atoms. The molecular formula is C13H24N2O2S. The zero-order valence-electron chi connectivity index (χ0n) is 11.2. The lowest BCUT2D eigenvalue weighted by molar-refractivity contribution is -0.136. The third kappa shape index (κ3) is 3.39. The number of amides is 1. The van der Waals surface area contributed by atoms with Gasteiger partial charge in [0.2, 0.25) is 5.91 Å². The Morgan fingerprint density at radius 1 is 1.50 bits per heavy atom. The van der Waals surface area contributed by atoms with Gasteiger partial charge < -0.3 is 15.4 Å². The Morgan fingerprint density at radius 2 is 2.28 bits per heavy atom. The Balaban J connectivity index is 1.94. The number of rotatable bonds is 4. The molecule has 2 rings (SSSR count). The summed E-state index contributed by atoms with van der Waals surface area (Å²) in [5.41, 5.74) is -0.303. The van der Waals surface area contributed by atoms with Gasteiger partial charge in [0, 0.05) is 18.9 Å². The Labute approximate surface area is 114 Å². The molecule has 1 unspecified atom stereocenters. The standard InChI is InChI=1S/C13H24N2O2S/c1-17-10-13(4-6-14-7-5-13)12(16)15-11-3-2-8-18-9-11/h11,14H,2-10H2,1H3,(H,15,16). The van der Waals surface area contributed by atoms with E-state index in [4.69, 9.17) is 4.74 Å². The summed E-state index contributed by atoms with van der Waals surface area (Å²) in [7, 11) is 1.69. The van der Waals surface area contributed by atoms with Crippen molar-refractivity contribution in [3.05, 3.63) is 0 Å². The van der Waals surface area contributed by atoms with E-state index < -0.39 is 0 Å². The van der Waals surface area contributed by atoms with Gasteiger partial charge in [-0.1, -0.05) is 0 Å². The van der Waals surface area contributed by atoms with Crippen molar-refractivity contribution in [3.8, 4) is 0 Å². The molecule has 0 aromatic heterocycles. The van der Waals surface area contributed by atoms with Gasteiger partial charge in [0.1, 0.15) is 0 Å². The average molecular weight is 272 g/mol. The second-order valence-electron chi connectivity index (χ2n) is 5.35. The van der Waals surface area contributed by atoms with Crippen LogP contribution in [-0.2, 0) is 9.53 Å². The zero-order chi connectivity index (χ0) is 12.8. The molecule has 0 aromatic rings. The molecule has 0 aliphatic carbocycles. The first kappa shape index (κ1) is 14.2. The number of nitrogens with one attached hydrogen (secondary N) is 2. The second-order valence-corrected chi connectivity index (χ2v) is 6.50. The van der Waals surface area contributed by atoms with Crippen LogP contribution in [0.2, 0.25) is 0 Å². The van der Waals surface area contributed by atoms with Crippen LogP contribution in [0.1, 0.15) is 25.7 Å². The van der Waals surface area contributed by atoms with Crippen LogP contribution in [0.15, 0.2) is 0 Å². The van der Waals surface area contributed by atoms with E-state index in [1.54, 1.807) is 7.11 Å². The topological polar surface area (TPSA) is 50.4 Å².